The van der Waals surface area contributed by atoms with Crippen LogP contribution in [0.15, 0.2) is 53.5 Å². The fourth-order valence-electron chi connectivity index (χ4n) is 2.95. The van der Waals surface area contributed by atoms with Crippen LogP contribution >= 0.6 is 23.6 Å². The van der Waals surface area contributed by atoms with E-state index in [-0.39, 0.29) is 18.1 Å². The van der Waals surface area contributed by atoms with Crippen LogP contribution in [0.5, 0.6) is 5.88 Å². The molecule has 30 heavy (non-hydrogen) atoms. The van der Waals surface area contributed by atoms with Crippen LogP contribution in [0, 0.1) is 14.1 Å². The average Bonchev–Trinajstić information content (AvgIpc) is 3.25. The van der Waals surface area contributed by atoms with E-state index in [1.165, 1.54) is 40.2 Å². The number of anilines is 1. The molecule has 0 spiro atoms. The number of allylic oxidation sites excluding steroid dienone is 1. The highest BCUT2D eigenvalue weighted by Crippen LogP contribution is 2.35. The van der Waals surface area contributed by atoms with Gasteiger partial charge in [0.1, 0.15) is 6.54 Å². The van der Waals surface area contributed by atoms with E-state index in [2.05, 4.69) is 10.3 Å². The Morgan fingerprint density at radius 1 is 1.27 bits per heavy atom. The fourth-order valence-corrected chi connectivity index (χ4v) is 4.21. The Morgan fingerprint density at radius 3 is 2.73 bits per heavy atom. The number of nitro benzene ring substituents is 1. The van der Waals surface area contributed by atoms with Crippen molar-refractivity contribution in [1.29, 1.82) is 0 Å². The molecule has 0 bridgehead atoms. The summed E-state index contributed by atoms with van der Waals surface area (Å²) in [7, 11) is 0. The summed E-state index contributed by atoms with van der Waals surface area (Å²) in [6.07, 6.45) is 3.51. The lowest BCUT2D eigenvalue weighted by atomic mass is 10.1. The first-order valence-electron chi connectivity index (χ1n) is 8.74. The van der Waals surface area contributed by atoms with E-state index in [0.717, 1.165) is 16.8 Å². The van der Waals surface area contributed by atoms with Crippen molar-refractivity contribution in [3.05, 3.63) is 73.0 Å². The monoisotopic (exact) mass is 438 g/mol. The number of aliphatic imine (C=N–C) groups is 1. The zero-order chi connectivity index (χ0) is 21.3. The summed E-state index contributed by atoms with van der Waals surface area (Å²) in [4.78, 5) is 27.4. The Kier molecular flexibility index (Phi) is 5.25. The van der Waals surface area contributed by atoms with Gasteiger partial charge in [-0.1, -0.05) is 18.2 Å². The van der Waals surface area contributed by atoms with Crippen molar-refractivity contribution in [2.45, 2.75) is 6.54 Å². The summed E-state index contributed by atoms with van der Waals surface area (Å²) >= 11 is 6.50. The maximum Gasteiger partial charge on any atom is 0.269 e. The van der Waals surface area contributed by atoms with E-state index in [1.807, 2.05) is 24.3 Å². The minimum atomic E-state index is -0.516. The third-order valence-corrected chi connectivity index (χ3v) is 5.79. The number of amides is 1. The molecular formula is C20H14N4O4S2. The summed E-state index contributed by atoms with van der Waals surface area (Å²) in [6.45, 7) is -0.188. The van der Waals surface area contributed by atoms with E-state index in [4.69, 9.17) is 12.2 Å². The molecule has 1 aliphatic heterocycles. The molecule has 1 aliphatic rings. The first-order valence-corrected chi connectivity index (χ1v) is 9.97. The van der Waals surface area contributed by atoms with Crippen LogP contribution < -0.4 is 5.32 Å². The van der Waals surface area contributed by atoms with Crippen molar-refractivity contribution < 1.29 is 14.8 Å². The zero-order valence-electron chi connectivity index (χ0n) is 15.3. The van der Waals surface area contributed by atoms with Crippen LogP contribution in [-0.2, 0) is 11.3 Å². The molecule has 4 rings (SSSR count). The number of fused-ring (bicyclic) bond motifs is 1. The van der Waals surface area contributed by atoms with Crippen molar-refractivity contribution >= 4 is 64.4 Å². The molecule has 2 aromatic carbocycles. The number of nitro groups is 1. The standard InChI is InChI=1S/C20H14N4O4S2/c25-18(22-13-5-7-14(8-6-13)24(27)28)11-23-19(26)17(30-20(23)29)9-12-10-21-16-4-2-1-3-15(12)16/h1-10,26H,11H2,(H,22,25)/b12-9+. The topological polar surface area (TPSA) is 110 Å². The molecule has 0 saturated carbocycles. The number of rotatable bonds is 5. The second-order valence-corrected chi connectivity index (χ2v) is 8.04. The molecule has 0 aliphatic carbocycles. The van der Waals surface area contributed by atoms with Crippen molar-refractivity contribution in [2.75, 3.05) is 5.32 Å². The molecule has 0 saturated heterocycles. The van der Waals surface area contributed by atoms with E-state index in [9.17, 15) is 20.0 Å². The highest BCUT2D eigenvalue weighted by molar-refractivity contribution is 7.73. The molecule has 2 heterocycles. The van der Waals surface area contributed by atoms with Crippen LogP contribution in [0.1, 0.15) is 10.4 Å². The molecule has 1 aromatic heterocycles. The summed E-state index contributed by atoms with van der Waals surface area (Å²) in [5.74, 6) is -0.519. The lowest BCUT2D eigenvalue weighted by Gasteiger charge is -2.07. The van der Waals surface area contributed by atoms with Gasteiger partial charge in [-0.25, -0.2) is 0 Å². The number of aromatic nitrogens is 1. The molecule has 0 radical (unpaired) electrons. The normalized spacial score (nSPS) is 13.4. The average molecular weight is 438 g/mol. The van der Waals surface area contributed by atoms with Crippen LogP contribution in [0.2, 0.25) is 0 Å². The minimum absolute atomic E-state index is 0.0691. The summed E-state index contributed by atoms with van der Waals surface area (Å²) in [5, 5.41) is 23.9. The van der Waals surface area contributed by atoms with Gasteiger partial charge in [0.05, 0.1) is 15.5 Å². The fraction of sp³-hybridized carbons (Fsp3) is 0.0500. The number of carbonyl (C=O) groups excluding carboxylic acids is 1. The number of nitrogens with zero attached hydrogens (tertiary/aromatic N) is 3. The van der Waals surface area contributed by atoms with Crippen molar-refractivity contribution in [3.63, 3.8) is 0 Å². The van der Waals surface area contributed by atoms with E-state index < -0.39 is 10.8 Å². The van der Waals surface area contributed by atoms with E-state index >= 15 is 0 Å². The molecule has 3 aromatic rings. The van der Waals surface area contributed by atoms with Gasteiger partial charge in [0, 0.05) is 35.2 Å². The number of thiazole rings is 1. The predicted octanol–water partition coefficient (Wildman–Crippen LogP) is 4.79. The zero-order valence-corrected chi connectivity index (χ0v) is 16.9. The van der Waals surface area contributed by atoms with Gasteiger partial charge in [0.25, 0.3) is 5.69 Å². The molecule has 2 N–H and O–H groups in total. The highest BCUT2D eigenvalue weighted by atomic mass is 32.1. The van der Waals surface area contributed by atoms with Gasteiger partial charge in [-0.15, -0.1) is 11.3 Å². The number of hydrogen-bond acceptors (Lipinski definition) is 7. The number of non-ortho nitro benzene ring substituents is 1. The summed E-state index contributed by atoms with van der Waals surface area (Å²) in [6, 6.07) is 13.1. The van der Waals surface area contributed by atoms with Gasteiger partial charge in [-0.3, -0.25) is 24.5 Å². The Balaban J connectivity index is 1.52. The van der Waals surface area contributed by atoms with E-state index in [0.29, 0.717) is 14.5 Å². The molecule has 1 amide bonds. The van der Waals surface area contributed by atoms with Gasteiger partial charge in [0.15, 0.2) is 3.95 Å². The highest BCUT2D eigenvalue weighted by Gasteiger charge is 2.17. The second kappa shape index (κ2) is 8.01. The molecule has 0 atom stereocenters. The van der Waals surface area contributed by atoms with Crippen molar-refractivity contribution in [1.82, 2.24) is 4.57 Å². The minimum Gasteiger partial charge on any atom is -0.493 e. The van der Waals surface area contributed by atoms with Crippen LogP contribution in [0.25, 0.3) is 11.6 Å². The number of aromatic hydroxyl groups is 1. The van der Waals surface area contributed by atoms with Crippen LogP contribution in [-0.4, -0.2) is 26.7 Å². The number of nitrogens with one attached hydrogen (secondary N) is 1. The molecule has 0 fully saturated rings. The van der Waals surface area contributed by atoms with Crippen molar-refractivity contribution in [3.8, 4) is 5.88 Å². The Morgan fingerprint density at radius 2 is 2.00 bits per heavy atom. The van der Waals surface area contributed by atoms with Crippen LogP contribution in [0.3, 0.4) is 0 Å². The van der Waals surface area contributed by atoms with Gasteiger partial charge in [-0.2, -0.15) is 0 Å². The number of benzene rings is 2. The first-order chi connectivity index (χ1) is 14.4. The lowest BCUT2D eigenvalue weighted by Crippen LogP contribution is -2.18. The molecule has 0 unspecified atom stereocenters. The third kappa shape index (κ3) is 3.91. The van der Waals surface area contributed by atoms with Gasteiger partial charge in [0.2, 0.25) is 11.8 Å². The smallest absolute Gasteiger partial charge is 0.269 e. The Hall–Kier alpha value is -3.63. The Labute approximate surface area is 179 Å². The summed E-state index contributed by atoms with van der Waals surface area (Å²) in [5.41, 5.74) is 3.00. The summed E-state index contributed by atoms with van der Waals surface area (Å²) < 4.78 is 1.69. The molecule has 10 heteroatoms. The molecule has 8 nitrogen and oxygen atoms in total. The maximum absolute atomic E-state index is 12.4. The van der Waals surface area contributed by atoms with Crippen LogP contribution in [0.4, 0.5) is 17.1 Å². The quantitative estimate of drug-likeness (QED) is 0.338. The van der Waals surface area contributed by atoms with Gasteiger partial charge >= 0.3 is 0 Å². The van der Waals surface area contributed by atoms with Gasteiger partial charge < -0.3 is 10.4 Å². The second-order valence-electron chi connectivity index (χ2n) is 6.37. The Bertz CT molecular complexity index is 1270. The predicted molar refractivity (Wildman–Crippen MR) is 119 cm³/mol. The van der Waals surface area contributed by atoms with Gasteiger partial charge in [-0.05, 0) is 36.5 Å². The largest absolute Gasteiger partial charge is 0.493 e. The van der Waals surface area contributed by atoms with E-state index in [1.54, 1.807) is 12.3 Å². The molecule has 150 valence electrons. The number of hydrogen-bond donors (Lipinski definition) is 2. The lowest BCUT2D eigenvalue weighted by molar-refractivity contribution is -0.384. The maximum atomic E-state index is 12.4. The SMILES string of the molecule is O=C(Cn1c(O)c(/C=C2\C=Nc3ccccc32)sc1=S)Nc1ccc([N+](=O)[O-])cc1. The number of carbonyl (C=O) groups is 1. The molecular weight excluding hydrogens is 424 g/mol. The third-order valence-electron chi connectivity index (χ3n) is 4.40. The van der Waals surface area contributed by atoms with Crippen molar-refractivity contribution in [2.24, 2.45) is 4.99 Å². The first kappa shape index (κ1) is 19.7. The number of para-hydroxylation sites is 1.